The highest BCUT2D eigenvalue weighted by Gasteiger charge is 2.31. The first-order valence-corrected chi connectivity index (χ1v) is 5.91. The number of esters is 1. The number of aromatic hydroxyl groups is 2. The summed E-state index contributed by atoms with van der Waals surface area (Å²) in [6, 6.07) is 3.03. The van der Waals surface area contributed by atoms with Crippen LogP contribution in [0.2, 0.25) is 0 Å². The van der Waals surface area contributed by atoms with Crippen LogP contribution in [-0.4, -0.2) is 52.9 Å². The van der Waals surface area contributed by atoms with Crippen LogP contribution in [0.5, 0.6) is 11.5 Å². The Morgan fingerprint density at radius 1 is 1.32 bits per heavy atom. The van der Waals surface area contributed by atoms with Gasteiger partial charge in [-0.3, -0.25) is 9.69 Å². The topological polar surface area (TPSA) is 90.2 Å². The van der Waals surface area contributed by atoms with Crippen molar-refractivity contribution in [2.45, 2.75) is 19.1 Å². The van der Waals surface area contributed by atoms with Gasteiger partial charge in [-0.2, -0.15) is 0 Å². The number of phenolic OH excluding ortho intramolecular Hbond substituents is 2. The standard InChI is InChI=1S/C13H19NO5/c1-4-19-13(18)11(14(2)3)12(17)8-5-6-9(15)10(16)7-8/h5-7,11-12,15-17H,4H2,1-3H3/t11-,12?/m0/s1. The van der Waals surface area contributed by atoms with Crippen molar-refractivity contribution in [1.29, 1.82) is 0 Å². The quantitative estimate of drug-likeness (QED) is 0.536. The third kappa shape index (κ3) is 3.59. The molecule has 6 heteroatoms. The maximum absolute atomic E-state index is 11.8. The summed E-state index contributed by atoms with van der Waals surface area (Å²) in [4.78, 5) is 13.3. The first-order valence-electron chi connectivity index (χ1n) is 5.91. The Kier molecular flexibility index (Phi) is 5.14. The molecule has 2 atom stereocenters. The number of hydrogen-bond acceptors (Lipinski definition) is 6. The Morgan fingerprint density at radius 2 is 1.95 bits per heavy atom. The van der Waals surface area contributed by atoms with E-state index in [1.165, 1.54) is 23.1 Å². The molecule has 0 spiro atoms. The van der Waals surface area contributed by atoms with E-state index in [1.54, 1.807) is 21.0 Å². The molecule has 0 aliphatic heterocycles. The second-order valence-electron chi connectivity index (χ2n) is 4.35. The van der Waals surface area contributed by atoms with Gasteiger partial charge >= 0.3 is 5.97 Å². The Morgan fingerprint density at radius 3 is 2.42 bits per heavy atom. The van der Waals surface area contributed by atoms with Crippen LogP contribution in [0.25, 0.3) is 0 Å². The van der Waals surface area contributed by atoms with Gasteiger partial charge in [-0.1, -0.05) is 6.07 Å². The zero-order chi connectivity index (χ0) is 14.6. The van der Waals surface area contributed by atoms with E-state index in [0.29, 0.717) is 5.56 Å². The molecule has 3 N–H and O–H groups in total. The van der Waals surface area contributed by atoms with Crippen molar-refractivity contribution in [2.24, 2.45) is 0 Å². The average Bonchev–Trinajstić information content (AvgIpc) is 2.32. The lowest BCUT2D eigenvalue weighted by Crippen LogP contribution is -2.42. The third-order valence-electron chi connectivity index (χ3n) is 2.72. The number of carbonyl (C=O) groups is 1. The molecule has 19 heavy (non-hydrogen) atoms. The van der Waals surface area contributed by atoms with Gasteiger partial charge in [0.05, 0.1) is 6.61 Å². The molecule has 1 rings (SSSR count). The maximum Gasteiger partial charge on any atom is 0.326 e. The molecule has 0 radical (unpaired) electrons. The van der Waals surface area contributed by atoms with E-state index >= 15 is 0 Å². The van der Waals surface area contributed by atoms with Crippen LogP contribution < -0.4 is 0 Å². The van der Waals surface area contributed by atoms with Gasteiger partial charge in [-0.15, -0.1) is 0 Å². The minimum Gasteiger partial charge on any atom is -0.504 e. The first kappa shape index (κ1) is 15.3. The molecule has 0 heterocycles. The zero-order valence-electron chi connectivity index (χ0n) is 11.2. The van der Waals surface area contributed by atoms with Gasteiger partial charge in [0.1, 0.15) is 12.1 Å². The van der Waals surface area contributed by atoms with Gasteiger partial charge in [-0.05, 0) is 38.7 Å². The number of nitrogens with zero attached hydrogens (tertiary/aromatic N) is 1. The second kappa shape index (κ2) is 6.40. The Labute approximate surface area is 111 Å². The lowest BCUT2D eigenvalue weighted by atomic mass is 10.0. The summed E-state index contributed by atoms with van der Waals surface area (Å²) in [5, 5.41) is 28.9. The summed E-state index contributed by atoms with van der Waals surface area (Å²) in [6.07, 6.45) is -1.17. The molecule has 0 amide bonds. The highest BCUT2D eigenvalue weighted by molar-refractivity contribution is 5.76. The van der Waals surface area contributed by atoms with E-state index in [4.69, 9.17) is 4.74 Å². The van der Waals surface area contributed by atoms with Gasteiger partial charge in [0, 0.05) is 0 Å². The lowest BCUT2D eigenvalue weighted by Gasteiger charge is -2.27. The molecule has 0 aliphatic carbocycles. The van der Waals surface area contributed by atoms with Gasteiger partial charge in [0.2, 0.25) is 0 Å². The Hall–Kier alpha value is -1.79. The van der Waals surface area contributed by atoms with Crippen LogP contribution in [0.15, 0.2) is 18.2 Å². The number of rotatable bonds is 5. The van der Waals surface area contributed by atoms with Gasteiger partial charge in [-0.25, -0.2) is 0 Å². The molecular formula is C13H19NO5. The molecule has 1 unspecified atom stereocenters. The van der Waals surface area contributed by atoms with Crippen molar-refractivity contribution in [3.8, 4) is 11.5 Å². The van der Waals surface area contributed by atoms with Crippen LogP contribution in [0.4, 0.5) is 0 Å². The summed E-state index contributed by atoms with van der Waals surface area (Å²) in [5.41, 5.74) is 0.321. The summed E-state index contributed by atoms with van der Waals surface area (Å²) in [7, 11) is 3.29. The maximum atomic E-state index is 11.8. The molecule has 0 bridgehead atoms. The minimum atomic E-state index is -1.17. The molecular weight excluding hydrogens is 250 g/mol. The Balaban J connectivity index is 3.01. The number of hydrogen-bond donors (Lipinski definition) is 3. The number of carbonyl (C=O) groups excluding carboxylic acids is 1. The number of aliphatic hydroxyl groups excluding tert-OH is 1. The van der Waals surface area contributed by atoms with Gasteiger partial charge in [0.15, 0.2) is 11.5 Å². The van der Waals surface area contributed by atoms with E-state index < -0.39 is 18.1 Å². The number of benzene rings is 1. The van der Waals surface area contributed by atoms with Crippen molar-refractivity contribution in [1.82, 2.24) is 4.90 Å². The lowest BCUT2D eigenvalue weighted by molar-refractivity contribution is -0.153. The van der Waals surface area contributed by atoms with Crippen molar-refractivity contribution in [2.75, 3.05) is 20.7 Å². The number of ether oxygens (including phenoxy) is 1. The number of likely N-dealkylation sites (N-methyl/N-ethyl adjacent to an activating group) is 1. The average molecular weight is 269 g/mol. The van der Waals surface area contributed by atoms with Crippen molar-refractivity contribution >= 4 is 5.97 Å². The van der Waals surface area contributed by atoms with E-state index in [1.807, 2.05) is 0 Å². The molecule has 0 aromatic heterocycles. The highest BCUT2D eigenvalue weighted by Crippen LogP contribution is 2.30. The zero-order valence-corrected chi connectivity index (χ0v) is 11.2. The molecule has 0 fully saturated rings. The second-order valence-corrected chi connectivity index (χ2v) is 4.35. The largest absolute Gasteiger partial charge is 0.504 e. The summed E-state index contributed by atoms with van der Waals surface area (Å²) in [6.45, 7) is 1.90. The molecule has 0 saturated heterocycles. The minimum absolute atomic E-state index is 0.219. The van der Waals surface area contributed by atoms with Crippen molar-refractivity contribution in [3.05, 3.63) is 23.8 Å². The van der Waals surface area contributed by atoms with E-state index in [2.05, 4.69) is 0 Å². The molecule has 106 valence electrons. The predicted octanol–water partition coefficient (Wildman–Crippen LogP) is 0.624. The van der Waals surface area contributed by atoms with Gasteiger partial charge < -0.3 is 20.1 Å². The fraction of sp³-hybridized carbons (Fsp3) is 0.462. The van der Waals surface area contributed by atoms with Crippen LogP contribution in [0.3, 0.4) is 0 Å². The first-order chi connectivity index (χ1) is 8.88. The van der Waals surface area contributed by atoms with Crippen LogP contribution >= 0.6 is 0 Å². The number of phenols is 2. The fourth-order valence-corrected chi connectivity index (χ4v) is 1.76. The van der Waals surface area contributed by atoms with Crippen LogP contribution in [0.1, 0.15) is 18.6 Å². The van der Waals surface area contributed by atoms with E-state index in [9.17, 15) is 20.1 Å². The van der Waals surface area contributed by atoms with Crippen molar-refractivity contribution in [3.63, 3.8) is 0 Å². The highest BCUT2D eigenvalue weighted by atomic mass is 16.5. The smallest absolute Gasteiger partial charge is 0.326 e. The summed E-state index contributed by atoms with van der Waals surface area (Å²) in [5.74, 6) is -1.18. The van der Waals surface area contributed by atoms with Crippen LogP contribution in [-0.2, 0) is 9.53 Å². The van der Waals surface area contributed by atoms with Gasteiger partial charge in [0.25, 0.3) is 0 Å². The normalized spacial score (nSPS) is 14.2. The van der Waals surface area contributed by atoms with Crippen molar-refractivity contribution < 1.29 is 24.9 Å². The van der Waals surface area contributed by atoms with E-state index in [0.717, 1.165) is 0 Å². The summed E-state index contributed by atoms with van der Waals surface area (Å²) < 4.78 is 4.91. The molecule has 1 aromatic carbocycles. The predicted molar refractivity (Wildman–Crippen MR) is 68.8 cm³/mol. The Bertz CT molecular complexity index is 447. The van der Waals surface area contributed by atoms with E-state index in [-0.39, 0.29) is 18.1 Å². The molecule has 6 nitrogen and oxygen atoms in total. The van der Waals surface area contributed by atoms with Crippen LogP contribution in [0, 0.1) is 0 Å². The fourth-order valence-electron chi connectivity index (χ4n) is 1.76. The summed E-state index contributed by atoms with van der Waals surface area (Å²) >= 11 is 0. The molecule has 1 aromatic rings. The monoisotopic (exact) mass is 269 g/mol. The number of aliphatic hydroxyl groups is 1. The molecule has 0 saturated carbocycles. The molecule has 0 aliphatic rings. The SMILES string of the molecule is CCOC(=O)[C@H](C(O)c1ccc(O)c(O)c1)N(C)C. The third-order valence-corrected chi connectivity index (χ3v) is 2.72.